The topological polar surface area (TPSA) is 117 Å². The Morgan fingerprint density at radius 2 is 2.00 bits per heavy atom. The molecule has 0 unspecified atom stereocenters. The van der Waals surface area contributed by atoms with Crippen LogP contribution in [0.4, 0.5) is 21.6 Å². The number of carbonyl (C=O) groups excluding carboxylic acids is 1. The lowest BCUT2D eigenvalue weighted by atomic mass is 10.1. The number of halogens is 1. The predicted octanol–water partition coefficient (Wildman–Crippen LogP) is 1.96. The Morgan fingerprint density at radius 1 is 1.22 bits per heavy atom. The molecule has 0 radical (unpaired) electrons. The number of benzene rings is 1. The van der Waals surface area contributed by atoms with Crippen LogP contribution in [0, 0.1) is 12.7 Å². The van der Waals surface area contributed by atoms with E-state index in [0.29, 0.717) is 48.6 Å². The number of anilines is 2. The van der Waals surface area contributed by atoms with Crippen molar-refractivity contribution >= 4 is 40.3 Å². The van der Waals surface area contributed by atoms with Crippen molar-refractivity contribution in [1.82, 2.24) is 24.9 Å². The van der Waals surface area contributed by atoms with Gasteiger partial charge in [0.2, 0.25) is 0 Å². The number of aliphatic imine (C=N–C) groups is 1. The maximum absolute atomic E-state index is 15.5. The zero-order chi connectivity index (χ0) is 25.4. The Kier molecular flexibility index (Phi) is 6.37. The van der Waals surface area contributed by atoms with Gasteiger partial charge in [-0.25, -0.2) is 24.6 Å². The number of rotatable bonds is 6. The highest BCUT2D eigenvalue weighted by atomic mass is 19.1. The van der Waals surface area contributed by atoms with E-state index in [4.69, 9.17) is 0 Å². The van der Waals surface area contributed by atoms with E-state index in [2.05, 4.69) is 40.4 Å². The van der Waals surface area contributed by atoms with Gasteiger partial charge in [-0.2, -0.15) is 4.98 Å². The van der Waals surface area contributed by atoms with Crippen molar-refractivity contribution in [2.24, 2.45) is 4.99 Å². The number of nitrogens with zero attached hydrogens (tertiary/aromatic N) is 6. The van der Waals surface area contributed by atoms with Gasteiger partial charge in [-0.15, -0.1) is 0 Å². The summed E-state index contributed by atoms with van der Waals surface area (Å²) in [5.41, 5.74) is 4.97. The molecule has 12 heteroatoms. The lowest BCUT2D eigenvalue weighted by molar-refractivity contribution is 0.0532. The minimum atomic E-state index is -0.510. The molecule has 0 bridgehead atoms. The largest absolute Gasteiger partial charge is 0.368 e. The summed E-state index contributed by atoms with van der Waals surface area (Å²) >= 11 is 0. The molecule has 188 valence electrons. The Hall–Kier alpha value is -3.90. The fourth-order valence-corrected chi connectivity index (χ4v) is 4.77. The summed E-state index contributed by atoms with van der Waals surface area (Å²) in [6.07, 6.45) is 1.52. The summed E-state index contributed by atoms with van der Waals surface area (Å²) in [4.78, 5) is 46.2. The van der Waals surface area contributed by atoms with Gasteiger partial charge >= 0.3 is 5.69 Å². The molecule has 2 aliphatic rings. The van der Waals surface area contributed by atoms with E-state index in [1.165, 1.54) is 18.0 Å². The molecule has 2 aliphatic heterocycles. The fraction of sp³-hybridized carbons (Fsp3) is 0.375. The third-order valence-corrected chi connectivity index (χ3v) is 6.55. The van der Waals surface area contributed by atoms with Gasteiger partial charge in [-0.1, -0.05) is 0 Å². The van der Waals surface area contributed by atoms with Crippen LogP contribution in [-0.4, -0.2) is 65.0 Å². The molecule has 4 heterocycles. The molecule has 0 saturated carbocycles. The molecule has 1 fully saturated rings. The van der Waals surface area contributed by atoms with Gasteiger partial charge in [-0.05, 0) is 32.0 Å². The number of piperazine rings is 1. The average Bonchev–Trinajstić information content (AvgIpc) is 2.87. The van der Waals surface area contributed by atoms with E-state index in [1.54, 1.807) is 12.1 Å². The number of carbonyl (C=O) groups is 1. The number of hydrogen-bond acceptors (Lipinski definition) is 9. The van der Waals surface area contributed by atoms with Crippen molar-refractivity contribution in [3.8, 4) is 0 Å². The van der Waals surface area contributed by atoms with Crippen molar-refractivity contribution in [3.63, 3.8) is 0 Å². The second-order valence-corrected chi connectivity index (χ2v) is 8.69. The van der Waals surface area contributed by atoms with Gasteiger partial charge < -0.3 is 10.2 Å². The summed E-state index contributed by atoms with van der Waals surface area (Å²) in [6.45, 7) is 7.36. The lowest BCUT2D eigenvalue weighted by Crippen LogP contribution is -2.46. The van der Waals surface area contributed by atoms with Crippen molar-refractivity contribution in [1.29, 1.82) is 0 Å². The standard InChI is InChI=1S/C24H27FN8O3/c1-4-33-22-19-17(26-13-27-22)11-15(20(25)21(19)29-24(33)35)12-31-7-9-32(10-8-31)18-6-5-16(28-14(18)2)23(34)30-36-3/h5-6,11,13H,4,7-10,12H2,1-3H3,(H,26,27)(H,30,34). The van der Waals surface area contributed by atoms with Gasteiger partial charge in [0.1, 0.15) is 17.0 Å². The van der Waals surface area contributed by atoms with Gasteiger partial charge in [-0.3, -0.25) is 19.1 Å². The smallest absolute Gasteiger partial charge is 0.349 e. The van der Waals surface area contributed by atoms with Gasteiger partial charge in [0.05, 0.1) is 35.9 Å². The molecule has 0 spiro atoms. The lowest BCUT2D eigenvalue weighted by Gasteiger charge is -2.36. The maximum Gasteiger partial charge on any atom is 0.349 e. The fourth-order valence-electron chi connectivity index (χ4n) is 4.77. The minimum Gasteiger partial charge on any atom is -0.368 e. The van der Waals surface area contributed by atoms with E-state index in [-0.39, 0.29) is 11.2 Å². The maximum atomic E-state index is 15.5. The van der Waals surface area contributed by atoms with Crippen LogP contribution in [0.1, 0.15) is 28.7 Å². The van der Waals surface area contributed by atoms with Crippen molar-refractivity contribution < 1.29 is 14.0 Å². The number of hydrogen-bond donors (Lipinski definition) is 2. The molecule has 2 aromatic heterocycles. The summed E-state index contributed by atoms with van der Waals surface area (Å²) in [5.74, 6) is -0.457. The molecule has 0 atom stereocenters. The monoisotopic (exact) mass is 494 g/mol. The van der Waals surface area contributed by atoms with Crippen LogP contribution in [0.2, 0.25) is 0 Å². The molecule has 36 heavy (non-hydrogen) atoms. The number of hydroxylamine groups is 1. The quantitative estimate of drug-likeness (QED) is 0.500. The molecule has 0 aliphatic carbocycles. The van der Waals surface area contributed by atoms with Gasteiger partial charge in [0.15, 0.2) is 5.82 Å². The number of pyridine rings is 1. The van der Waals surface area contributed by atoms with Crippen LogP contribution >= 0.6 is 0 Å². The Bertz CT molecular complexity index is 1430. The predicted molar refractivity (Wildman–Crippen MR) is 134 cm³/mol. The first-order chi connectivity index (χ1) is 17.4. The highest BCUT2D eigenvalue weighted by Gasteiger charge is 2.25. The van der Waals surface area contributed by atoms with Crippen molar-refractivity contribution in [3.05, 3.63) is 51.5 Å². The third kappa shape index (κ3) is 4.18. The minimum absolute atomic E-state index is 0.0504. The van der Waals surface area contributed by atoms with Crippen LogP contribution < -0.4 is 21.4 Å². The van der Waals surface area contributed by atoms with Crippen LogP contribution in [0.15, 0.2) is 28.0 Å². The average molecular weight is 495 g/mol. The molecule has 2 N–H and O–H groups in total. The van der Waals surface area contributed by atoms with Crippen LogP contribution in [0.5, 0.6) is 0 Å². The summed E-state index contributed by atoms with van der Waals surface area (Å²) in [5, 5.41) is 3.60. The van der Waals surface area contributed by atoms with E-state index in [1.807, 2.05) is 19.9 Å². The van der Waals surface area contributed by atoms with Gasteiger partial charge in [0, 0.05) is 44.8 Å². The van der Waals surface area contributed by atoms with E-state index in [0.717, 1.165) is 24.5 Å². The molecular formula is C24H27FN8O3. The first-order valence-electron chi connectivity index (χ1n) is 11.7. The Morgan fingerprint density at radius 3 is 2.69 bits per heavy atom. The highest BCUT2D eigenvalue weighted by Crippen LogP contribution is 2.36. The zero-order valence-corrected chi connectivity index (χ0v) is 20.3. The molecule has 1 amide bonds. The SMILES string of the molecule is CCn1c2c3c(cc(CN4CCN(c5ccc(C(=O)NOC)nc5C)CC4)c(F)c3nc1=O)NC=N2. The molecule has 1 aromatic carbocycles. The van der Waals surface area contributed by atoms with E-state index >= 15 is 4.39 Å². The molecule has 1 saturated heterocycles. The normalized spacial score (nSPS) is 15.3. The third-order valence-electron chi connectivity index (χ3n) is 6.55. The number of aryl methyl sites for hydroxylation is 1. The first kappa shape index (κ1) is 23.8. The molecular weight excluding hydrogens is 467 g/mol. The number of aromatic nitrogens is 3. The Balaban J connectivity index is 1.33. The second-order valence-electron chi connectivity index (χ2n) is 8.69. The number of amides is 1. The molecule has 11 nitrogen and oxygen atoms in total. The van der Waals surface area contributed by atoms with Crippen molar-refractivity contribution in [2.75, 3.05) is 43.5 Å². The summed E-state index contributed by atoms with van der Waals surface area (Å²) in [6, 6.07) is 5.34. The van der Waals surface area contributed by atoms with Crippen LogP contribution in [0.25, 0.3) is 10.9 Å². The number of nitrogens with one attached hydrogen (secondary N) is 2. The summed E-state index contributed by atoms with van der Waals surface area (Å²) in [7, 11) is 1.37. The zero-order valence-electron chi connectivity index (χ0n) is 20.3. The van der Waals surface area contributed by atoms with Crippen LogP contribution in [0.3, 0.4) is 0 Å². The van der Waals surface area contributed by atoms with Crippen molar-refractivity contribution in [2.45, 2.75) is 26.9 Å². The summed E-state index contributed by atoms with van der Waals surface area (Å²) < 4.78 is 17.0. The first-order valence-corrected chi connectivity index (χ1v) is 11.7. The Labute approximate surface area is 206 Å². The van der Waals surface area contributed by atoms with E-state index < -0.39 is 17.4 Å². The van der Waals surface area contributed by atoms with Crippen LogP contribution in [-0.2, 0) is 17.9 Å². The van der Waals surface area contributed by atoms with E-state index in [9.17, 15) is 9.59 Å². The molecule has 3 aromatic rings. The highest BCUT2D eigenvalue weighted by molar-refractivity contribution is 6.06. The van der Waals surface area contributed by atoms with Gasteiger partial charge in [0.25, 0.3) is 5.91 Å². The second kappa shape index (κ2) is 9.63. The molecule has 5 rings (SSSR count).